The van der Waals surface area contributed by atoms with Crippen molar-refractivity contribution in [1.29, 1.82) is 0 Å². The highest BCUT2D eigenvalue weighted by Gasteiger charge is 2.11. The van der Waals surface area contributed by atoms with E-state index in [1.165, 1.54) is 5.56 Å². The minimum atomic E-state index is -0.563. The number of methoxy groups -OCH3 is 2. The Balaban J connectivity index is 1.82. The maximum absolute atomic E-state index is 10.2. The van der Waals surface area contributed by atoms with Crippen molar-refractivity contribution in [3.8, 4) is 17.2 Å². The maximum atomic E-state index is 10.2. The molecule has 2 rings (SSSR count). The number of aliphatic hydroxyl groups is 1. The third-order valence-corrected chi connectivity index (χ3v) is 3.89. The Bertz CT molecular complexity index is 657. The van der Waals surface area contributed by atoms with Crippen LogP contribution in [0.15, 0.2) is 42.5 Å². The molecule has 2 aromatic carbocycles. The molecule has 0 aliphatic rings. The first-order chi connectivity index (χ1) is 12.0. The molecule has 0 spiro atoms. The van der Waals surface area contributed by atoms with Crippen molar-refractivity contribution < 1.29 is 19.3 Å². The van der Waals surface area contributed by atoms with Gasteiger partial charge in [0, 0.05) is 13.1 Å². The average molecular weight is 345 g/mol. The lowest BCUT2D eigenvalue weighted by atomic mass is 10.2. The molecule has 0 aliphatic carbocycles. The summed E-state index contributed by atoms with van der Waals surface area (Å²) in [6.45, 7) is 3.50. The fourth-order valence-electron chi connectivity index (χ4n) is 2.59. The van der Waals surface area contributed by atoms with Gasteiger partial charge in [-0.25, -0.2) is 0 Å². The highest BCUT2D eigenvalue weighted by molar-refractivity contribution is 5.42. The molecule has 0 saturated carbocycles. The fraction of sp³-hybridized carbons (Fsp3) is 0.400. The zero-order valence-electron chi connectivity index (χ0n) is 15.4. The summed E-state index contributed by atoms with van der Waals surface area (Å²) in [6, 6.07) is 13.6. The van der Waals surface area contributed by atoms with Crippen molar-refractivity contribution in [2.75, 3.05) is 34.4 Å². The van der Waals surface area contributed by atoms with Crippen molar-refractivity contribution >= 4 is 0 Å². The Morgan fingerprint density at radius 1 is 1.00 bits per heavy atom. The maximum Gasteiger partial charge on any atom is 0.161 e. The van der Waals surface area contributed by atoms with Crippen LogP contribution in [0.3, 0.4) is 0 Å². The Morgan fingerprint density at radius 2 is 1.68 bits per heavy atom. The van der Waals surface area contributed by atoms with Crippen LogP contribution in [-0.2, 0) is 6.54 Å². The van der Waals surface area contributed by atoms with Gasteiger partial charge in [-0.1, -0.05) is 23.8 Å². The molecule has 25 heavy (non-hydrogen) atoms. The molecule has 136 valence electrons. The van der Waals surface area contributed by atoms with E-state index in [2.05, 4.69) is 0 Å². The number of ether oxygens (including phenoxy) is 3. The van der Waals surface area contributed by atoms with Crippen molar-refractivity contribution in [3.05, 3.63) is 53.6 Å². The van der Waals surface area contributed by atoms with E-state index in [-0.39, 0.29) is 6.61 Å². The SMILES string of the molecule is COc1ccc(CN(C)CC(O)COc2ccc(C)cc2)cc1OC. The fourth-order valence-corrected chi connectivity index (χ4v) is 2.59. The van der Waals surface area contributed by atoms with Gasteiger partial charge in [-0.05, 0) is 43.8 Å². The van der Waals surface area contributed by atoms with E-state index in [1.54, 1.807) is 14.2 Å². The number of hydrogen-bond donors (Lipinski definition) is 1. The third kappa shape index (κ3) is 5.96. The van der Waals surface area contributed by atoms with Crippen molar-refractivity contribution in [3.63, 3.8) is 0 Å². The second-order valence-electron chi connectivity index (χ2n) is 6.16. The summed E-state index contributed by atoms with van der Waals surface area (Å²) in [5.74, 6) is 2.18. The number of aryl methyl sites for hydroxylation is 1. The summed E-state index contributed by atoms with van der Waals surface area (Å²) >= 11 is 0. The number of rotatable bonds is 9. The predicted octanol–water partition coefficient (Wildman–Crippen LogP) is 2.88. The lowest BCUT2D eigenvalue weighted by molar-refractivity contribution is 0.0743. The van der Waals surface area contributed by atoms with E-state index in [0.717, 1.165) is 11.3 Å². The standard InChI is InChI=1S/C20H27NO4/c1-15-5-8-18(9-6-15)25-14-17(22)13-21(2)12-16-7-10-19(23-3)20(11-16)24-4/h5-11,17,22H,12-14H2,1-4H3. The summed E-state index contributed by atoms with van der Waals surface area (Å²) in [4.78, 5) is 2.05. The number of likely N-dealkylation sites (N-methyl/N-ethyl adjacent to an activating group) is 1. The lowest BCUT2D eigenvalue weighted by Gasteiger charge is -2.21. The summed E-state index contributed by atoms with van der Waals surface area (Å²) in [7, 11) is 5.21. The second kappa shape index (κ2) is 9.30. The molecule has 2 aromatic rings. The zero-order valence-corrected chi connectivity index (χ0v) is 15.4. The molecule has 1 N–H and O–H groups in total. The number of aliphatic hydroxyl groups excluding tert-OH is 1. The normalized spacial score (nSPS) is 12.1. The smallest absolute Gasteiger partial charge is 0.161 e. The molecule has 0 fully saturated rings. The van der Waals surface area contributed by atoms with Crippen LogP contribution in [0.4, 0.5) is 0 Å². The minimum Gasteiger partial charge on any atom is -0.493 e. The van der Waals surface area contributed by atoms with Gasteiger partial charge in [0.2, 0.25) is 0 Å². The molecule has 5 nitrogen and oxygen atoms in total. The number of nitrogens with zero attached hydrogens (tertiary/aromatic N) is 1. The molecule has 0 aliphatic heterocycles. The Hall–Kier alpha value is -2.24. The van der Waals surface area contributed by atoms with E-state index < -0.39 is 6.10 Å². The van der Waals surface area contributed by atoms with Crippen molar-refractivity contribution in [1.82, 2.24) is 4.90 Å². The van der Waals surface area contributed by atoms with Gasteiger partial charge in [0.1, 0.15) is 18.5 Å². The van der Waals surface area contributed by atoms with E-state index >= 15 is 0 Å². The van der Waals surface area contributed by atoms with Gasteiger partial charge in [0.25, 0.3) is 0 Å². The molecular formula is C20H27NO4. The summed E-state index contributed by atoms with van der Waals surface area (Å²) < 4.78 is 16.2. The largest absolute Gasteiger partial charge is 0.493 e. The summed E-state index contributed by atoms with van der Waals surface area (Å²) in [5, 5.41) is 10.2. The van der Waals surface area contributed by atoms with Crippen molar-refractivity contribution in [2.24, 2.45) is 0 Å². The first-order valence-corrected chi connectivity index (χ1v) is 8.28. The molecule has 0 bridgehead atoms. The average Bonchev–Trinajstić information content (AvgIpc) is 2.61. The van der Waals surface area contributed by atoms with E-state index in [1.807, 2.05) is 61.3 Å². The van der Waals surface area contributed by atoms with Crippen LogP contribution in [-0.4, -0.2) is 50.5 Å². The Kier molecular flexibility index (Phi) is 7.10. The first-order valence-electron chi connectivity index (χ1n) is 8.28. The molecule has 5 heteroatoms. The van der Waals surface area contributed by atoms with Crippen LogP contribution >= 0.6 is 0 Å². The first kappa shape index (κ1) is 19.1. The molecule has 0 heterocycles. The molecule has 0 saturated heterocycles. The Labute approximate surface area is 149 Å². The van der Waals surface area contributed by atoms with Crippen LogP contribution < -0.4 is 14.2 Å². The molecule has 1 atom stereocenters. The lowest BCUT2D eigenvalue weighted by Crippen LogP contribution is -2.32. The van der Waals surface area contributed by atoms with Gasteiger partial charge in [0.15, 0.2) is 11.5 Å². The predicted molar refractivity (Wildman–Crippen MR) is 98.6 cm³/mol. The third-order valence-electron chi connectivity index (χ3n) is 3.89. The van der Waals surface area contributed by atoms with E-state index in [9.17, 15) is 5.11 Å². The molecule has 0 radical (unpaired) electrons. The highest BCUT2D eigenvalue weighted by atomic mass is 16.5. The van der Waals surface area contributed by atoms with Crippen LogP contribution in [0.1, 0.15) is 11.1 Å². The molecule has 0 aromatic heterocycles. The highest BCUT2D eigenvalue weighted by Crippen LogP contribution is 2.27. The topological polar surface area (TPSA) is 51.2 Å². The van der Waals surface area contributed by atoms with Gasteiger partial charge in [-0.2, -0.15) is 0 Å². The molecule has 0 amide bonds. The van der Waals surface area contributed by atoms with Crippen LogP contribution in [0, 0.1) is 6.92 Å². The zero-order chi connectivity index (χ0) is 18.2. The van der Waals surface area contributed by atoms with Gasteiger partial charge in [-0.3, -0.25) is 4.90 Å². The van der Waals surface area contributed by atoms with E-state index in [4.69, 9.17) is 14.2 Å². The van der Waals surface area contributed by atoms with Crippen molar-refractivity contribution in [2.45, 2.75) is 19.6 Å². The van der Waals surface area contributed by atoms with Crippen LogP contribution in [0.2, 0.25) is 0 Å². The second-order valence-corrected chi connectivity index (χ2v) is 6.16. The summed E-state index contributed by atoms with van der Waals surface area (Å²) in [5.41, 5.74) is 2.27. The van der Waals surface area contributed by atoms with Gasteiger partial charge >= 0.3 is 0 Å². The van der Waals surface area contributed by atoms with Crippen LogP contribution in [0.5, 0.6) is 17.2 Å². The van der Waals surface area contributed by atoms with Gasteiger partial charge < -0.3 is 19.3 Å². The Morgan fingerprint density at radius 3 is 2.32 bits per heavy atom. The summed E-state index contributed by atoms with van der Waals surface area (Å²) in [6.07, 6.45) is -0.563. The monoisotopic (exact) mass is 345 g/mol. The van der Waals surface area contributed by atoms with Crippen LogP contribution in [0.25, 0.3) is 0 Å². The van der Waals surface area contributed by atoms with E-state index in [0.29, 0.717) is 24.6 Å². The van der Waals surface area contributed by atoms with Gasteiger partial charge in [0.05, 0.1) is 14.2 Å². The van der Waals surface area contributed by atoms with Gasteiger partial charge in [-0.15, -0.1) is 0 Å². The molecule has 1 unspecified atom stereocenters. The number of benzene rings is 2. The quantitative estimate of drug-likeness (QED) is 0.757. The molecular weight excluding hydrogens is 318 g/mol. The number of hydrogen-bond acceptors (Lipinski definition) is 5. The minimum absolute atomic E-state index is 0.263.